The summed E-state index contributed by atoms with van der Waals surface area (Å²) in [5.74, 6) is -0.0552. The van der Waals surface area contributed by atoms with Crippen LogP contribution < -0.4 is 4.90 Å². The number of nitrogens with zero attached hydrogens (tertiary/aromatic N) is 1. The van der Waals surface area contributed by atoms with Crippen molar-refractivity contribution in [2.45, 2.75) is 13.8 Å². The number of rotatable bonds is 2. The van der Waals surface area contributed by atoms with Gasteiger partial charge in [0, 0.05) is 0 Å². The lowest BCUT2D eigenvalue weighted by molar-refractivity contribution is -0.113. The fourth-order valence-electron chi connectivity index (χ4n) is 2.30. The minimum Gasteiger partial charge on any atom is -0.268 e. The third-order valence-electron chi connectivity index (χ3n) is 3.43. The van der Waals surface area contributed by atoms with Crippen LogP contribution in [0.3, 0.4) is 0 Å². The number of hydrogen-bond acceptors (Lipinski definition) is 3. The Balaban J connectivity index is 1.93. The van der Waals surface area contributed by atoms with Crippen LogP contribution in [0, 0.1) is 13.8 Å². The molecular weight excluding hydrogens is 310 g/mol. The number of aryl methyl sites for hydroxylation is 2. The topological polar surface area (TPSA) is 20.3 Å². The summed E-state index contributed by atoms with van der Waals surface area (Å²) in [5, 5.41) is 0. The third kappa shape index (κ3) is 2.98. The summed E-state index contributed by atoms with van der Waals surface area (Å²) in [6.07, 6.45) is 1.90. The van der Waals surface area contributed by atoms with E-state index in [2.05, 4.69) is 6.07 Å². The highest BCUT2D eigenvalue weighted by atomic mass is 32.2. The largest absolute Gasteiger partial charge is 0.270 e. The summed E-state index contributed by atoms with van der Waals surface area (Å²) >= 11 is 6.73. The molecule has 0 aliphatic carbocycles. The number of thiocarbonyl (C=S) groups is 1. The minimum atomic E-state index is -0.0552. The molecule has 1 aliphatic rings. The van der Waals surface area contributed by atoms with Crippen molar-refractivity contribution in [3.8, 4) is 0 Å². The Labute approximate surface area is 139 Å². The second kappa shape index (κ2) is 6.07. The number of anilines is 1. The molecule has 1 saturated heterocycles. The van der Waals surface area contributed by atoms with Crippen molar-refractivity contribution in [1.82, 2.24) is 0 Å². The second-order valence-electron chi connectivity index (χ2n) is 5.27. The Bertz CT molecular complexity index is 778. The number of hydrogen-bond donors (Lipinski definition) is 0. The zero-order valence-electron chi connectivity index (χ0n) is 12.4. The number of carbonyl (C=O) groups excluding carboxylic acids is 1. The molecule has 2 aromatic rings. The van der Waals surface area contributed by atoms with Gasteiger partial charge in [-0.1, -0.05) is 71.5 Å². The molecule has 0 unspecified atom stereocenters. The van der Waals surface area contributed by atoms with Gasteiger partial charge in [0.1, 0.15) is 0 Å². The first-order valence-corrected chi connectivity index (χ1v) is 8.18. The van der Waals surface area contributed by atoms with Crippen molar-refractivity contribution >= 4 is 46.0 Å². The lowest BCUT2D eigenvalue weighted by Gasteiger charge is -2.14. The molecule has 0 atom stereocenters. The van der Waals surface area contributed by atoms with Crippen molar-refractivity contribution < 1.29 is 4.79 Å². The predicted molar refractivity (Wildman–Crippen MR) is 98.0 cm³/mol. The van der Waals surface area contributed by atoms with Crippen molar-refractivity contribution in [2.24, 2.45) is 0 Å². The minimum absolute atomic E-state index is 0.0552. The zero-order chi connectivity index (χ0) is 15.7. The Hall–Kier alpha value is -1.91. The molecular formula is C18H15NOS2. The van der Waals surface area contributed by atoms with Gasteiger partial charge < -0.3 is 0 Å². The molecule has 0 aromatic heterocycles. The SMILES string of the molecule is Cc1ccc(N2C(=O)/C(=C/c3cccc(C)c3)SC2=S)cc1. The van der Waals surface area contributed by atoms with Gasteiger partial charge in [-0.3, -0.25) is 9.69 Å². The van der Waals surface area contributed by atoms with Crippen LogP contribution in [-0.2, 0) is 4.79 Å². The summed E-state index contributed by atoms with van der Waals surface area (Å²) in [5.41, 5.74) is 4.16. The summed E-state index contributed by atoms with van der Waals surface area (Å²) < 4.78 is 0.577. The van der Waals surface area contributed by atoms with E-state index in [4.69, 9.17) is 12.2 Å². The number of carbonyl (C=O) groups is 1. The molecule has 3 rings (SSSR count). The molecule has 110 valence electrons. The molecule has 0 spiro atoms. The second-order valence-corrected chi connectivity index (χ2v) is 6.94. The fourth-order valence-corrected chi connectivity index (χ4v) is 3.59. The van der Waals surface area contributed by atoms with Gasteiger partial charge in [0.15, 0.2) is 4.32 Å². The third-order valence-corrected chi connectivity index (χ3v) is 4.73. The molecule has 2 nitrogen and oxygen atoms in total. The Kier molecular flexibility index (Phi) is 4.14. The molecule has 4 heteroatoms. The molecule has 0 radical (unpaired) electrons. The maximum absolute atomic E-state index is 12.6. The van der Waals surface area contributed by atoms with Crippen LogP contribution in [0.1, 0.15) is 16.7 Å². The van der Waals surface area contributed by atoms with E-state index in [-0.39, 0.29) is 5.91 Å². The lowest BCUT2D eigenvalue weighted by Crippen LogP contribution is -2.27. The van der Waals surface area contributed by atoms with Crippen LogP contribution in [0.2, 0.25) is 0 Å². The number of thioether (sulfide) groups is 1. The standard InChI is InChI=1S/C18H15NOS2/c1-12-6-8-15(9-7-12)19-17(20)16(22-18(19)21)11-14-5-3-4-13(2)10-14/h3-11H,1-2H3/b16-11-. The maximum Gasteiger partial charge on any atom is 0.270 e. The average molecular weight is 325 g/mol. The van der Waals surface area contributed by atoms with Gasteiger partial charge in [-0.2, -0.15) is 0 Å². The van der Waals surface area contributed by atoms with Gasteiger partial charge in [0.05, 0.1) is 10.6 Å². The number of benzene rings is 2. The molecule has 0 saturated carbocycles. The average Bonchev–Trinajstić information content (AvgIpc) is 2.75. The maximum atomic E-state index is 12.6. The van der Waals surface area contributed by atoms with Crippen LogP contribution in [0.5, 0.6) is 0 Å². The molecule has 0 N–H and O–H groups in total. The highest BCUT2D eigenvalue weighted by Crippen LogP contribution is 2.36. The molecule has 22 heavy (non-hydrogen) atoms. The molecule has 1 aliphatic heterocycles. The first kappa shape index (κ1) is 15.0. The molecule has 1 fully saturated rings. The summed E-state index contributed by atoms with van der Waals surface area (Å²) in [6, 6.07) is 15.9. The van der Waals surface area contributed by atoms with E-state index >= 15 is 0 Å². The van der Waals surface area contributed by atoms with Crippen LogP contribution in [0.15, 0.2) is 53.4 Å². The van der Waals surface area contributed by atoms with Gasteiger partial charge in [-0.25, -0.2) is 0 Å². The monoisotopic (exact) mass is 325 g/mol. The van der Waals surface area contributed by atoms with Crippen LogP contribution in [-0.4, -0.2) is 10.2 Å². The van der Waals surface area contributed by atoms with Crippen molar-refractivity contribution in [2.75, 3.05) is 4.90 Å². The van der Waals surface area contributed by atoms with Gasteiger partial charge in [0.2, 0.25) is 0 Å². The van der Waals surface area contributed by atoms with E-state index in [1.54, 1.807) is 4.90 Å². The van der Waals surface area contributed by atoms with Crippen LogP contribution in [0.25, 0.3) is 6.08 Å². The van der Waals surface area contributed by atoms with Gasteiger partial charge in [0.25, 0.3) is 5.91 Å². The van der Waals surface area contributed by atoms with Gasteiger partial charge in [-0.15, -0.1) is 0 Å². The van der Waals surface area contributed by atoms with E-state index in [9.17, 15) is 4.79 Å². The van der Waals surface area contributed by atoms with Gasteiger partial charge in [-0.05, 0) is 37.6 Å². The molecule has 2 aromatic carbocycles. The van der Waals surface area contributed by atoms with Crippen molar-refractivity contribution in [1.29, 1.82) is 0 Å². The normalized spacial score (nSPS) is 16.6. The first-order chi connectivity index (χ1) is 10.5. The smallest absolute Gasteiger partial charge is 0.268 e. The Morgan fingerprint density at radius 3 is 2.45 bits per heavy atom. The van der Waals surface area contributed by atoms with E-state index < -0.39 is 0 Å². The summed E-state index contributed by atoms with van der Waals surface area (Å²) in [4.78, 5) is 14.9. The first-order valence-electron chi connectivity index (χ1n) is 6.96. The quantitative estimate of drug-likeness (QED) is 0.589. The molecule has 1 heterocycles. The Morgan fingerprint density at radius 2 is 1.77 bits per heavy atom. The van der Waals surface area contributed by atoms with Gasteiger partial charge >= 0.3 is 0 Å². The lowest BCUT2D eigenvalue weighted by atomic mass is 10.1. The molecule has 0 bridgehead atoms. The van der Waals surface area contributed by atoms with Crippen molar-refractivity contribution in [3.63, 3.8) is 0 Å². The highest BCUT2D eigenvalue weighted by Gasteiger charge is 2.33. The summed E-state index contributed by atoms with van der Waals surface area (Å²) in [7, 11) is 0. The van der Waals surface area contributed by atoms with Crippen LogP contribution in [0.4, 0.5) is 5.69 Å². The predicted octanol–water partition coefficient (Wildman–Crippen LogP) is 4.71. The highest BCUT2D eigenvalue weighted by molar-refractivity contribution is 8.27. The Morgan fingerprint density at radius 1 is 1.05 bits per heavy atom. The van der Waals surface area contributed by atoms with Crippen LogP contribution >= 0.6 is 24.0 Å². The van der Waals surface area contributed by atoms with E-state index in [0.717, 1.165) is 16.8 Å². The van der Waals surface area contributed by atoms with E-state index in [0.29, 0.717) is 9.23 Å². The fraction of sp³-hybridized carbons (Fsp3) is 0.111. The van der Waals surface area contributed by atoms with E-state index in [1.807, 2.05) is 62.4 Å². The van der Waals surface area contributed by atoms with E-state index in [1.165, 1.54) is 17.3 Å². The number of amides is 1. The molecule has 1 amide bonds. The summed E-state index contributed by atoms with van der Waals surface area (Å²) in [6.45, 7) is 4.06. The zero-order valence-corrected chi connectivity index (χ0v) is 14.0. The van der Waals surface area contributed by atoms with Crippen molar-refractivity contribution in [3.05, 3.63) is 70.1 Å².